The molecule has 0 saturated heterocycles. The van der Waals surface area contributed by atoms with Crippen LogP contribution < -0.4 is 20.3 Å². The van der Waals surface area contributed by atoms with Crippen LogP contribution in [0.1, 0.15) is 21.7 Å². The molecule has 7 nitrogen and oxygen atoms in total. The number of para-hydroxylation sites is 2. The van der Waals surface area contributed by atoms with E-state index in [-0.39, 0.29) is 23.3 Å². The average molecular weight is 463 g/mol. The van der Waals surface area contributed by atoms with Gasteiger partial charge in [-0.05, 0) is 42.5 Å². The Morgan fingerprint density at radius 2 is 1.70 bits per heavy atom. The quantitative estimate of drug-likeness (QED) is 0.192. The van der Waals surface area contributed by atoms with Crippen LogP contribution in [0.25, 0.3) is 11.0 Å². The van der Waals surface area contributed by atoms with Gasteiger partial charge in [0.25, 0.3) is 5.91 Å². The molecule has 0 fully saturated rings. The molecule has 0 saturated carbocycles. The Morgan fingerprint density at radius 3 is 2.45 bits per heavy atom. The first kappa shape index (κ1) is 22.3. The SMILES string of the molecule is O=C(NCCOc1ccc(C(=S)NO)cc1)c1cc2cccc(COc3ccccc3)c2o1. The molecule has 0 unspecified atom stereocenters. The molecule has 1 aromatic heterocycles. The molecule has 1 amide bonds. The average Bonchev–Trinajstić information content (AvgIpc) is 3.31. The Bertz CT molecular complexity index is 1240. The molecule has 168 valence electrons. The van der Waals surface area contributed by atoms with Gasteiger partial charge in [0.1, 0.15) is 35.3 Å². The highest BCUT2D eigenvalue weighted by atomic mass is 32.1. The van der Waals surface area contributed by atoms with Crippen LogP contribution in [0.4, 0.5) is 0 Å². The van der Waals surface area contributed by atoms with Crippen molar-refractivity contribution in [3.8, 4) is 11.5 Å². The smallest absolute Gasteiger partial charge is 0.287 e. The lowest BCUT2D eigenvalue weighted by Gasteiger charge is -2.08. The van der Waals surface area contributed by atoms with E-state index < -0.39 is 0 Å². The number of hydroxylamine groups is 1. The van der Waals surface area contributed by atoms with Crippen molar-refractivity contribution in [2.75, 3.05) is 13.2 Å². The summed E-state index contributed by atoms with van der Waals surface area (Å²) in [6.45, 7) is 0.921. The van der Waals surface area contributed by atoms with Crippen molar-refractivity contribution in [2.45, 2.75) is 6.61 Å². The lowest BCUT2D eigenvalue weighted by molar-refractivity contribution is 0.0921. The fraction of sp³-hybridized carbons (Fsp3) is 0.120. The summed E-state index contributed by atoms with van der Waals surface area (Å²) in [5, 5.41) is 12.5. The van der Waals surface area contributed by atoms with E-state index in [4.69, 9.17) is 31.3 Å². The standard InChI is InChI=1S/C25H22N2O5S/c28-24(26-13-14-30-21-11-9-17(10-12-21)25(33)27-29)22-15-18-5-4-6-19(23(18)32-22)16-31-20-7-2-1-3-8-20/h1-12,15,29H,13-14,16H2,(H,26,28)(H,27,33). The van der Waals surface area contributed by atoms with Gasteiger partial charge in [-0.25, -0.2) is 0 Å². The van der Waals surface area contributed by atoms with Crippen LogP contribution in [-0.2, 0) is 6.61 Å². The summed E-state index contributed by atoms with van der Waals surface area (Å²) in [5.74, 6) is 1.30. The number of nitrogens with one attached hydrogen (secondary N) is 2. The summed E-state index contributed by atoms with van der Waals surface area (Å²) < 4.78 is 17.3. The molecule has 4 rings (SSSR count). The number of thiocarbonyl (C=S) groups is 1. The van der Waals surface area contributed by atoms with Crippen LogP contribution in [0.15, 0.2) is 83.3 Å². The number of ether oxygens (including phenoxy) is 2. The fourth-order valence-corrected chi connectivity index (χ4v) is 3.35. The van der Waals surface area contributed by atoms with E-state index in [9.17, 15) is 4.79 Å². The lowest BCUT2D eigenvalue weighted by atomic mass is 10.1. The largest absolute Gasteiger partial charge is 0.492 e. The van der Waals surface area contributed by atoms with E-state index in [1.54, 1.807) is 30.3 Å². The minimum absolute atomic E-state index is 0.228. The number of hydrogen-bond donors (Lipinski definition) is 3. The number of carbonyl (C=O) groups excluding carboxylic acids is 1. The van der Waals surface area contributed by atoms with E-state index in [0.29, 0.717) is 30.0 Å². The van der Waals surface area contributed by atoms with E-state index >= 15 is 0 Å². The molecule has 3 aromatic carbocycles. The highest BCUT2D eigenvalue weighted by Crippen LogP contribution is 2.24. The summed E-state index contributed by atoms with van der Waals surface area (Å²) in [6.07, 6.45) is 0. The molecule has 0 aliphatic rings. The molecule has 0 bridgehead atoms. The van der Waals surface area contributed by atoms with E-state index in [2.05, 4.69) is 5.32 Å². The van der Waals surface area contributed by atoms with Crippen LogP contribution in [0.5, 0.6) is 11.5 Å². The fourth-order valence-electron chi connectivity index (χ4n) is 3.21. The number of fused-ring (bicyclic) bond motifs is 1. The van der Waals surface area contributed by atoms with Crippen molar-refractivity contribution in [3.05, 3.63) is 95.7 Å². The molecular weight excluding hydrogens is 440 g/mol. The minimum atomic E-state index is -0.320. The first-order valence-electron chi connectivity index (χ1n) is 10.3. The Kier molecular flexibility index (Phi) is 7.19. The maximum atomic E-state index is 12.5. The molecule has 0 aliphatic carbocycles. The number of hydrogen-bond acceptors (Lipinski definition) is 6. The predicted octanol–water partition coefficient (Wildman–Crippen LogP) is 4.47. The second-order valence-electron chi connectivity index (χ2n) is 7.12. The Labute approximate surface area is 195 Å². The Balaban J connectivity index is 1.31. The second-order valence-corrected chi connectivity index (χ2v) is 7.53. The zero-order valence-corrected chi connectivity index (χ0v) is 18.4. The summed E-state index contributed by atoms with van der Waals surface area (Å²) in [4.78, 5) is 12.8. The van der Waals surface area contributed by atoms with E-state index in [1.165, 1.54) is 0 Å². The molecule has 0 radical (unpaired) electrons. The molecule has 33 heavy (non-hydrogen) atoms. The van der Waals surface area contributed by atoms with Crippen LogP contribution in [0.3, 0.4) is 0 Å². The zero-order chi connectivity index (χ0) is 23.0. The van der Waals surface area contributed by atoms with Crippen molar-refractivity contribution in [2.24, 2.45) is 0 Å². The molecule has 0 atom stereocenters. The van der Waals surface area contributed by atoms with Crippen molar-refractivity contribution >= 4 is 34.1 Å². The summed E-state index contributed by atoms with van der Waals surface area (Å²) in [6, 6.07) is 23.9. The van der Waals surface area contributed by atoms with Crippen molar-refractivity contribution in [1.29, 1.82) is 0 Å². The molecule has 4 aromatic rings. The van der Waals surface area contributed by atoms with Crippen LogP contribution in [-0.4, -0.2) is 29.3 Å². The first-order valence-corrected chi connectivity index (χ1v) is 10.7. The summed E-state index contributed by atoms with van der Waals surface area (Å²) in [7, 11) is 0. The third-order valence-electron chi connectivity index (χ3n) is 4.86. The maximum absolute atomic E-state index is 12.5. The molecule has 8 heteroatoms. The van der Waals surface area contributed by atoms with Gasteiger partial charge < -0.3 is 19.2 Å². The summed E-state index contributed by atoms with van der Waals surface area (Å²) in [5.41, 5.74) is 4.10. The number of carbonyl (C=O) groups is 1. The summed E-state index contributed by atoms with van der Waals surface area (Å²) >= 11 is 4.95. The van der Waals surface area contributed by atoms with Gasteiger partial charge in [-0.2, -0.15) is 0 Å². The molecular formula is C25H22N2O5S. The van der Waals surface area contributed by atoms with Crippen LogP contribution >= 0.6 is 12.2 Å². The topological polar surface area (TPSA) is 93.0 Å². The monoisotopic (exact) mass is 462 g/mol. The number of benzene rings is 3. The zero-order valence-electron chi connectivity index (χ0n) is 17.6. The molecule has 0 aliphatic heterocycles. The van der Waals surface area contributed by atoms with Crippen molar-refractivity contribution in [3.63, 3.8) is 0 Å². The van der Waals surface area contributed by atoms with Crippen LogP contribution in [0, 0.1) is 0 Å². The minimum Gasteiger partial charge on any atom is -0.492 e. The van der Waals surface area contributed by atoms with Gasteiger partial charge in [-0.1, -0.05) is 48.6 Å². The highest BCUT2D eigenvalue weighted by molar-refractivity contribution is 7.80. The van der Waals surface area contributed by atoms with Crippen molar-refractivity contribution in [1.82, 2.24) is 10.8 Å². The van der Waals surface area contributed by atoms with E-state index in [0.717, 1.165) is 16.7 Å². The van der Waals surface area contributed by atoms with Gasteiger partial charge in [-0.3, -0.25) is 15.5 Å². The molecule has 0 spiro atoms. The Hall–Kier alpha value is -3.88. The first-order chi connectivity index (χ1) is 16.1. The maximum Gasteiger partial charge on any atom is 0.287 e. The second kappa shape index (κ2) is 10.6. The van der Waals surface area contributed by atoms with Gasteiger partial charge in [0, 0.05) is 16.5 Å². The lowest BCUT2D eigenvalue weighted by Crippen LogP contribution is -2.27. The number of amides is 1. The van der Waals surface area contributed by atoms with Gasteiger partial charge in [0.2, 0.25) is 0 Å². The highest BCUT2D eigenvalue weighted by Gasteiger charge is 2.14. The number of rotatable bonds is 9. The van der Waals surface area contributed by atoms with Gasteiger partial charge >= 0.3 is 0 Å². The van der Waals surface area contributed by atoms with Gasteiger partial charge in [0.15, 0.2) is 5.76 Å². The van der Waals surface area contributed by atoms with Gasteiger partial charge in [0.05, 0.1) is 6.54 Å². The third-order valence-corrected chi connectivity index (χ3v) is 5.19. The number of furan rings is 1. The van der Waals surface area contributed by atoms with Crippen molar-refractivity contribution < 1.29 is 23.9 Å². The predicted molar refractivity (Wildman–Crippen MR) is 128 cm³/mol. The van der Waals surface area contributed by atoms with Crippen LogP contribution in [0.2, 0.25) is 0 Å². The Morgan fingerprint density at radius 1 is 0.939 bits per heavy atom. The third kappa shape index (κ3) is 5.68. The molecule has 3 N–H and O–H groups in total. The van der Waals surface area contributed by atoms with E-state index in [1.807, 2.05) is 54.0 Å². The van der Waals surface area contributed by atoms with Gasteiger partial charge in [-0.15, -0.1) is 0 Å². The molecule has 1 heterocycles. The normalized spacial score (nSPS) is 10.6.